The van der Waals surface area contributed by atoms with Gasteiger partial charge >= 0.3 is 0 Å². The van der Waals surface area contributed by atoms with Crippen molar-refractivity contribution in [2.45, 2.75) is 52.4 Å². The minimum atomic E-state index is -0.652. The summed E-state index contributed by atoms with van der Waals surface area (Å²) in [5, 5.41) is 13.8. The smallest absolute Gasteiger partial charge is 0.257 e. The topological polar surface area (TPSA) is 147 Å². The Morgan fingerprint density at radius 1 is 1.10 bits per heavy atom. The van der Waals surface area contributed by atoms with Crippen LogP contribution < -0.4 is 15.4 Å². The van der Waals surface area contributed by atoms with Crippen molar-refractivity contribution in [3.8, 4) is 11.5 Å². The number of hydrogen-bond donors (Lipinski definition) is 2. The second-order valence-electron chi connectivity index (χ2n) is 13.0. The number of halogens is 1. The van der Waals surface area contributed by atoms with Crippen molar-refractivity contribution in [2.75, 3.05) is 32.7 Å². The molecule has 2 aliphatic rings. The van der Waals surface area contributed by atoms with Crippen LogP contribution in [0.1, 0.15) is 70.3 Å². The predicted molar refractivity (Wildman–Crippen MR) is 180 cm³/mol. The van der Waals surface area contributed by atoms with Crippen LogP contribution in [0.4, 0.5) is 4.39 Å². The first-order valence-corrected chi connectivity index (χ1v) is 16.8. The Labute approximate surface area is 288 Å². The number of benzene rings is 2. The highest BCUT2D eigenvalue weighted by atomic mass is 19.1. The van der Waals surface area contributed by atoms with E-state index in [2.05, 4.69) is 34.7 Å². The molecule has 2 aliphatic heterocycles. The number of carbonyl (C=O) groups is 4. The molecule has 1 saturated heterocycles. The van der Waals surface area contributed by atoms with Gasteiger partial charge in [-0.25, -0.2) is 4.39 Å². The zero-order chi connectivity index (χ0) is 35.4. The van der Waals surface area contributed by atoms with Gasteiger partial charge in [0.2, 0.25) is 5.91 Å². The summed E-state index contributed by atoms with van der Waals surface area (Å²) in [5.74, 6) is -1.52. The predicted octanol–water partition coefficient (Wildman–Crippen LogP) is 3.83. The molecule has 6 rings (SSSR count). The molecule has 1 fully saturated rings. The van der Waals surface area contributed by atoms with Crippen molar-refractivity contribution >= 4 is 29.3 Å². The number of pyridine rings is 1. The Bertz CT molecular complexity index is 1910. The summed E-state index contributed by atoms with van der Waals surface area (Å²) in [6.07, 6.45) is 3.92. The number of nitrogens with zero attached hydrogens (tertiary/aromatic N) is 5. The van der Waals surface area contributed by atoms with Crippen molar-refractivity contribution in [1.29, 1.82) is 0 Å². The van der Waals surface area contributed by atoms with Gasteiger partial charge in [0.15, 0.2) is 5.65 Å². The molecular formula is C36H40FN7O6. The van der Waals surface area contributed by atoms with Crippen molar-refractivity contribution in [3.63, 3.8) is 0 Å². The fraction of sp³-hybridized carbons (Fsp3) is 0.389. The number of fused-ring (bicyclic) bond motifs is 6. The third-order valence-corrected chi connectivity index (χ3v) is 8.62. The Morgan fingerprint density at radius 2 is 1.92 bits per heavy atom. The lowest BCUT2D eigenvalue weighted by Gasteiger charge is -2.25. The van der Waals surface area contributed by atoms with E-state index in [1.165, 1.54) is 41.6 Å². The van der Waals surface area contributed by atoms with Crippen molar-refractivity contribution in [1.82, 2.24) is 35.0 Å². The largest absolute Gasteiger partial charge is 0.457 e. The van der Waals surface area contributed by atoms with Gasteiger partial charge in [0, 0.05) is 49.6 Å². The molecule has 4 bridgehead atoms. The minimum Gasteiger partial charge on any atom is -0.457 e. The first-order chi connectivity index (χ1) is 24.1. The molecule has 14 heteroatoms. The summed E-state index contributed by atoms with van der Waals surface area (Å²) in [6, 6.07) is 11.3. The van der Waals surface area contributed by atoms with E-state index in [1.54, 1.807) is 33.7 Å². The molecule has 13 nitrogen and oxygen atoms in total. The number of hydrogen-bond acceptors (Lipinski definition) is 8. The number of amides is 4. The monoisotopic (exact) mass is 685 g/mol. The molecule has 2 aromatic carbocycles. The number of aromatic nitrogens is 3. The number of nitrogens with one attached hydrogen (secondary N) is 2. The number of likely N-dealkylation sites (tertiary alicyclic amines) is 1. The first kappa shape index (κ1) is 34.5. The van der Waals surface area contributed by atoms with Crippen LogP contribution in [-0.2, 0) is 16.1 Å². The number of rotatable bonds is 7. The van der Waals surface area contributed by atoms with E-state index in [0.29, 0.717) is 35.7 Å². The van der Waals surface area contributed by atoms with Crippen LogP contribution in [-0.4, -0.2) is 92.9 Å². The highest BCUT2D eigenvalue weighted by Crippen LogP contribution is 2.28. The summed E-state index contributed by atoms with van der Waals surface area (Å²) in [6.45, 7) is 6.65. The van der Waals surface area contributed by atoms with Crippen molar-refractivity contribution in [3.05, 3.63) is 89.1 Å². The van der Waals surface area contributed by atoms with E-state index in [1.807, 2.05) is 6.92 Å². The van der Waals surface area contributed by atoms with Gasteiger partial charge in [-0.2, -0.15) is 0 Å². The number of ether oxygens (including phenoxy) is 2. The molecule has 4 aromatic rings. The Kier molecular flexibility index (Phi) is 10.4. The standard InChI is InChI=1S/C36H40FN7O6/c1-4-9-42-19-32(45)40-30-17-44(36(48)29-6-5-10-43-21-39-41-33(29)43)18-31(30)49-20-23-11-26(37)16-27(12-23)50-28-14-24(13-25(15-28)35(42)47)34(46)38-8-7-22(2)3/h5-6,10-16,21-22,30-31H,4,7-9,17-20H2,1-3H3,(H,38,46)(H,40,45)/t30-,31-/m1/s1. The summed E-state index contributed by atoms with van der Waals surface area (Å²) in [4.78, 5) is 57.4. The maximum atomic E-state index is 14.9. The van der Waals surface area contributed by atoms with E-state index in [-0.39, 0.29) is 67.2 Å². The molecular weight excluding hydrogens is 645 g/mol. The molecule has 2 aromatic heterocycles. The van der Waals surface area contributed by atoms with Gasteiger partial charge in [-0.15, -0.1) is 10.2 Å². The Hall–Kier alpha value is -5.37. The van der Waals surface area contributed by atoms with E-state index in [9.17, 15) is 23.6 Å². The number of carbonyl (C=O) groups excluding carboxylic acids is 4. The van der Waals surface area contributed by atoms with Gasteiger partial charge in [0.05, 0.1) is 30.9 Å². The van der Waals surface area contributed by atoms with Crippen LogP contribution in [0, 0.1) is 11.7 Å². The minimum absolute atomic E-state index is 0.0447. The normalized spacial score (nSPS) is 18.2. The average Bonchev–Trinajstić information content (AvgIpc) is 3.72. The van der Waals surface area contributed by atoms with Crippen molar-refractivity contribution < 1.29 is 33.0 Å². The Morgan fingerprint density at radius 3 is 2.72 bits per heavy atom. The molecule has 0 radical (unpaired) electrons. The van der Waals surface area contributed by atoms with Gasteiger partial charge in [-0.1, -0.05) is 20.8 Å². The molecule has 0 aliphatic carbocycles. The molecule has 50 heavy (non-hydrogen) atoms. The SMILES string of the molecule is CCCN1CC(=O)N[C@@H]2CN(C(=O)c3cccn4cnnc34)C[C@H]2OCc2cc(F)cc(c2)Oc2cc(C(=O)NCCC(C)C)cc(c2)C1=O. The maximum absolute atomic E-state index is 14.9. The zero-order valence-electron chi connectivity index (χ0n) is 28.2. The van der Waals surface area contributed by atoms with Crippen LogP contribution in [0.2, 0.25) is 0 Å². The van der Waals surface area contributed by atoms with E-state index >= 15 is 0 Å². The van der Waals surface area contributed by atoms with Crippen LogP contribution in [0.15, 0.2) is 61.1 Å². The zero-order valence-corrected chi connectivity index (χ0v) is 28.2. The third-order valence-electron chi connectivity index (χ3n) is 8.62. The third kappa shape index (κ3) is 7.91. The van der Waals surface area contributed by atoms with Gasteiger partial charge in [0.25, 0.3) is 17.7 Å². The first-order valence-electron chi connectivity index (χ1n) is 16.8. The fourth-order valence-electron chi connectivity index (χ4n) is 6.16. The lowest BCUT2D eigenvalue weighted by atomic mass is 10.1. The summed E-state index contributed by atoms with van der Waals surface area (Å²) < 4.78 is 28.9. The summed E-state index contributed by atoms with van der Waals surface area (Å²) in [7, 11) is 0. The van der Waals surface area contributed by atoms with Gasteiger partial charge in [-0.3, -0.25) is 23.6 Å². The lowest BCUT2D eigenvalue weighted by Crippen LogP contribution is -2.49. The second-order valence-corrected chi connectivity index (χ2v) is 13.0. The molecule has 0 unspecified atom stereocenters. The maximum Gasteiger partial charge on any atom is 0.257 e. The molecule has 2 atom stereocenters. The van der Waals surface area contributed by atoms with Crippen LogP contribution in [0.25, 0.3) is 5.65 Å². The quantitative estimate of drug-likeness (QED) is 0.299. The highest BCUT2D eigenvalue weighted by Gasteiger charge is 2.38. The van der Waals surface area contributed by atoms with Gasteiger partial charge in [-0.05, 0) is 66.8 Å². The lowest BCUT2D eigenvalue weighted by molar-refractivity contribution is -0.123. The second kappa shape index (κ2) is 15.0. The molecule has 0 saturated carbocycles. The van der Waals surface area contributed by atoms with Crippen molar-refractivity contribution in [2.24, 2.45) is 5.92 Å². The summed E-state index contributed by atoms with van der Waals surface area (Å²) in [5.41, 5.74) is 1.52. The fourth-order valence-corrected chi connectivity index (χ4v) is 6.16. The van der Waals surface area contributed by atoms with E-state index in [0.717, 1.165) is 6.42 Å². The van der Waals surface area contributed by atoms with E-state index < -0.39 is 29.8 Å². The molecule has 262 valence electrons. The van der Waals surface area contributed by atoms with Gasteiger partial charge in [0.1, 0.15) is 23.6 Å². The van der Waals surface area contributed by atoms with Gasteiger partial charge < -0.3 is 29.9 Å². The van der Waals surface area contributed by atoms with E-state index in [4.69, 9.17) is 9.47 Å². The van der Waals surface area contributed by atoms with Crippen LogP contribution in [0.3, 0.4) is 0 Å². The van der Waals surface area contributed by atoms with Crippen LogP contribution >= 0.6 is 0 Å². The Balaban J connectivity index is 1.32. The average molecular weight is 686 g/mol. The van der Waals surface area contributed by atoms with Crippen LogP contribution in [0.5, 0.6) is 11.5 Å². The molecule has 4 heterocycles. The highest BCUT2D eigenvalue weighted by molar-refractivity contribution is 6.02. The summed E-state index contributed by atoms with van der Waals surface area (Å²) >= 11 is 0. The molecule has 0 spiro atoms. The molecule has 4 amide bonds. The molecule has 2 N–H and O–H groups in total.